The second kappa shape index (κ2) is 35.3. The smallest absolute Gasteiger partial charge is 0.173 e. The number of benzene rings is 7. The van der Waals surface area contributed by atoms with Crippen LogP contribution >= 0.6 is 31.9 Å². The molecule has 2 saturated heterocycles. The van der Waals surface area contributed by atoms with E-state index in [0.717, 1.165) is 170 Å². The maximum absolute atomic E-state index is 13.0. The van der Waals surface area contributed by atoms with E-state index in [0.29, 0.717) is 73.3 Å². The van der Waals surface area contributed by atoms with Crippen molar-refractivity contribution in [3.63, 3.8) is 0 Å². The van der Waals surface area contributed by atoms with Gasteiger partial charge in [0.1, 0.15) is 20.8 Å². The maximum atomic E-state index is 13.0. The number of para-hydroxylation sites is 5. The Morgan fingerprint density at radius 2 is 0.635 bits per heavy atom. The molecule has 24 rings (SSSR count). The molecule has 7 aromatic carbocycles. The van der Waals surface area contributed by atoms with Gasteiger partial charge >= 0.3 is 0 Å². The molecule has 10 atom stereocenters. The average Bonchev–Trinajstić information content (AvgIpc) is 1.49. The molecule has 7 heterocycles. The lowest BCUT2D eigenvalue weighted by atomic mass is 9.49. The molecule has 1 N–H and O–H groups in total. The molecule has 7 fully saturated rings. The fourth-order valence-corrected chi connectivity index (χ4v) is 30.4. The molecule has 5 aromatic heterocycles. The first kappa shape index (κ1) is 94.5. The van der Waals surface area contributed by atoms with E-state index in [9.17, 15) is 19.5 Å². The number of ether oxygens (including phenoxy) is 4. The van der Waals surface area contributed by atoms with Gasteiger partial charge in [-0.3, -0.25) is 14.4 Å². The van der Waals surface area contributed by atoms with Crippen LogP contribution in [0.25, 0.3) is 51.0 Å². The molecule has 0 unspecified atom stereocenters. The molecule has 20 heteroatoms. The SMILES string of the molecule is CC1(C)C(=O)/C(=C\O)C[C@]2(C)c3nn(-c4ccccc4)c(-c4ccccc4)c3CC[C@@H]12.CC1(C)C(=O)CC[C@]2(C)c3nn(-c4ccccc4)c(-c4ccccc4)c3CC[C@@H]12.CC1(C)C(=O)CC[C@]2(C)c3nn(-c4ccccc4)c(Br)c3CC[C@@H]12.CC1(C)[C@@H]2CCc3c(nn(-c4ccccc4)c3Br)[C@@]2(C)CCC12OCCO2.CC1(C)[C@@H]2CCc3cn(-c4ccccc4)nc3[C@@]2(C)CCC12OCCO2. The Morgan fingerprint density at radius 1 is 0.328 bits per heavy atom. The highest BCUT2D eigenvalue weighted by molar-refractivity contribution is 9.10. The zero-order valence-corrected chi connectivity index (χ0v) is 85.7. The van der Waals surface area contributed by atoms with Crippen LogP contribution in [0.5, 0.6) is 0 Å². The van der Waals surface area contributed by atoms with Gasteiger partial charge in [-0.15, -0.1) is 0 Å². The van der Waals surface area contributed by atoms with E-state index in [1.54, 1.807) is 0 Å². The standard InChI is InChI=1S/C27H28N2O2.C26H28N2O.C22H27BrN2O2.C22H28N2O2.C20H23BrN2O/c1-26(2)22-15-14-21-23(18-10-6-4-7-11-18)29(20-12-8-5-9-13-20)28-24(21)27(22,3)16-19(17-30)25(26)31;1-25(2)21-15-14-20-23(18-10-6-4-7-11-18)28(19-12-8-5-9-13-19)27-24(20)26(21,3)17-16-22(25)29;1-20(2)17-10-9-16-18(21(17,3)11-12-22(20)26-13-14-27-22)24-25(19(16)23)15-7-5-4-6-8-15;1-20(2)18-10-9-16-15-24(17-7-5-4-6-8-17)23-19(16)21(18,3)11-12-22(20)25-13-14-26-22;1-19(2)15-10-9-14-17(20(15,3)12-11-16(19)24)22-23(18(14)21)13-7-5-4-6-8-13/h4-13,17,22,30H,14-16H2,1-3H3;4-13,21H,14-17H2,1-3H3;4-8,17H,9-14H2,1-3H3;4-8,15,18H,9-14H2,1-3H3;4-8,15H,9-12H2,1-3H3/b19-17-;;;;/t22-,27-;21-,26-;17-,21-;18-,21-;15-,20-/m00000/s1. The van der Waals surface area contributed by atoms with Gasteiger partial charge < -0.3 is 24.1 Å². The minimum Gasteiger partial charge on any atom is -0.515 e. The number of nitrogens with zero attached hydrogens (tertiary/aromatic N) is 10. The topological polar surface area (TPSA) is 197 Å². The van der Waals surface area contributed by atoms with Crippen LogP contribution in [-0.2, 0) is 92.5 Å². The third-order valence-electron chi connectivity index (χ3n) is 36.2. The van der Waals surface area contributed by atoms with E-state index < -0.39 is 17.0 Å². The lowest BCUT2D eigenvalue weighted by molar-refractivity contribution is -0.276. The fourth-order valence-electron chi connectivity index (χ4n) is 29.0. The van der Waals surface area contributed by atoms with Crippen molar-refractivity contribution in [1.29, 1.82) is 0 Å². The van der Waals surface area contributed by atoms with Crippen molar-refractivity contribution >= 4 is 49.2 Å². The largest absolute Gasteiger partial charge is 0.515 e. The summed E-state index contributed by atoms with van der Waals surface area (Å²) in [6.07, 6.45) is 21.2. The van der Waals surface area contributed by atoms with Gasteiger partial charge in [-0.2, -0.15) is 25.5 Å². The van der Waals surface area contributed by atoms with Gasteiger partial charge in [0.15, 0.2) is 17.4 Å². The Hall–Kier alpha value is -10.1. The molecule has 10 aliphatic carbocycles. The van der Waals surface area contributed by atoms with Gasteiger partial charge in [0.2, 0.25) is 0 Å². The van der Waals surface area contributed by atoms with E-state index in [1.165, 1.54) is 68.3 Å². The molecule has 0 radical (unpaired) electrons. The minimum atomic E-state index is -0.539. The van der Waals surface area contributed by atoms with Crippen molar-refractivity contribution in [2.24, 2.45) is 56.7 Å². The number of carbonyl (C=O) groups excluding carboxylic acids is 3. The normalized spacial score (nSPS) is 28.3. The second-order valence-corrected chi connectivity index (χ2v) is 46.7. The first-order valence-corrected chi connectivity index (χ1v) is 51.9. The van der Waals surface area contributed by atoms with Crippen molar-refractivity contribution in [3.05, 3.63) is 296 Å². The number of hydrogen-bond donors (Lipinski definition) is 1. The third-order valence-corrected chi connectivity index (χ3v) is 37.9. The lowest BCUT2D eigenvalue weighted by Gasteiger charge is -2.59. The molecule has 2 aliphatic heterocycles. The summed E-state index contributed by atoms with van der Waals surface area (Å²) >= 11 is 7.64. The van der Waals surface area contributed by atoms with Crippen LogP contribution in [0.4, 0.5) is 0 Å². The third kappa shape index (κ3) is 15.3. The Kier molecular flexibility index (Phi) is 24.4. The van der Waals surface area contributed by atoms with E-state index in [-0.39, 0.29) is 60.4 Å². The van der Waals surface area contributed by atoms with Crippen molar-refractivity contribution in [1.82, 2.24) is 48.9 Å². The number of rotatable bonds is 7. The molecule has 0 bridgehead atoms. The minimum absolute atomic E-state index is 0.0203. The Balaban J connectivity index is 0.000000106. The highest BCUT2D eigenvalue weighted by Gasteiger charge is 2.67. The van der Waals surface area contributed by atoms with Crippen molar-refractivity contribution < 1.29 is 38.4 Å². The van der Waals surface area contributed by atoms with Crippen LogP contribution in [0.15, 0.2) is 240 Å². The van der Waals surface area contributed by atoms with Gasteiger partial charge in [-0.05, 0) is 224 Å². The van der Waals surface area contributed by atoms with Crippen LogP contribution in [-0.4, -0.2) is 109 Å². The number of aliphatic hydroxyl groups is 1. The van der Waals surface area contributed by atoms with Crippen LogP contribution in [0.3, 0.4) is 0 Å². The molecule has 714 valence electrons. The Morgan fingerprint density at radius 3 is 1.02 bits per heavy atom. The van der Waals surface area contributed by atoms with E-state index in [1.807, 2.05) is 73.1 Å². The molecule has 2 spiro atoms. The van der Waals surface area contributed by atoms with Gasteiger partial charge in [0.25, 0.3) is 0 Å². The summed E-state index contributed by atoms with van der Waals surface area (Å²) in [6.45, 7) is 36.6. The van der Waals surface area contributed by atoms with Crippen LogP contribution in [0, 0.1) is 56.7 Å². The van der Waals surface area contributed by atoms with Crippen molar-refractivity contribution in [2.75, 3.05) is 26.4 Å². The molecule has 5 saturated carbocycles. The quantitative estimate of drug-likeness (QED) is 0.117. The number of aryl methyl sites for hydroxylation is 1. The molecule has 12 aromatic rings. The number of aromatic nitrogens is 10. The number of Topliss-reactive ketones (excluding diaryl/α,β-unsaturated/α-hetero) is 3. The summed E-state index contributed by atoms with van der Waals surface area (Å²) in [5.74, 6) is 1.92. The maximum Gasteiger partial charge on any atom is 0.173 e. The fraction of sp³-hybridized carbons (Fsp3) is 0.470. The number of fused-ring (bicyclic) bond motifs is 15. The Bertz CT molecular complexity index is 6560. The summed E-state index contributed by atoms with van der Waals surface area (Å²) in [4.78, 5) is 38.2. The number of allylic oxidation sites excluding steroid dienone is 1. The first-order valence-electron chi connectivity index (χ1n) is 50.3. The van der Waals surface area contributed by atoms with E-state index in [2.05, 4.69) is 305 Å². The van der Waals surface area contributed by atoms with E-state index in [4.69, 9.17) is 44.4 Å². The van der Waals surface area contributed by atoms with Crippen molar-refractivity contribution in [2.45, 2.75) is 265 Å². The number of ketones is 3. The zero-order valence-electron chi connectivity index (χ0n) is 82.5. The van der Waals surface area contributed by atoms with Crippen LogP contribution in [0.2, 0.25) is 0 Å². The molecule has 0 amide bonds. The number of halogens is 2. The highest BCUT2D eigenvalue weighted by atomic mass is 79.9. The molecular weight excluding hydrogens is 1830 g/mol. The van der Waals surface area contributed by atoms with Gasteiger partial charge in [-0.25, -0.2) is 23.4 Å². The monoisotopic (exact) mass is 1960 g/mol. The zero-order chi connectivity index (χ0) is 96.0. The van der Waals surface area contributed by atoms with Gasteiger partial charge in [-0.1, -0.05) is 256 Å². The first-order chi connectivity index (χ1) is 65.5. The highest BCUT2D eigenvalue weighted by Crippen LogP contribution is 2.67. The molecule has 18 nitrogen and oxygen atoms in total. The lowest BCUT2D eigenvalue weighted by Crippen LogP contribution is -2.61. The van der Waals surface area contributed by atoms with Gasteiger partial charge in [0, 0.05) is 125 Å². The summed E-state index contributed by atoms with van der Waals surface area (Å²) < 4.78 is 37.4. The predicted molar refractivity (Wildman–Crippen MR) is 545 cm³/mol. The average molecular weight is 1970 g/mol. The second-order valence-electron chi connectivity index (χ2n) is 45.2. The van der Waals surface area contributed by atoms with Crippen molar-refractivity contribution in [3.8, 4) is 51.0 Å². The molecule has 137 heavy (non-hydrogen) atoms. The summed E-state index contributed by atoms with van der Waals surface area (Å²) in [5.41, 5.74) is 21.9. The number of carbonyl (C=O) groups is 3. The number of aliphatic hydroxyl groups excluding tert-OH is 1. The summed E-state index contributed by atoms with van der Waals surface area (Å²) in [7, 11) is 0. The van der Waals surface area contributed by atoms with E-state index >= 15 is 0 Å². The van der Waals surface area contributed by atoms with Gasteiger partial charge in [0.05, 0.1) is 101 Å². The van der Waals surface area contributed by atoms with Crippen LogP contribution in [0.1, 0.15) is 250 Å². The predicted octanol–water partition coefficient (Wildman–Crippen LogP) is 25.7. The van der Waals surface area contributed by atoms with Crippen LogP contribution < -0.4 is 0 Å². The summed E-state index contributed by atoms with van der Waals surface area (Å²) in [5, 5.41) is 35.6. The summed E-state index contributed by atoms with van der Waals surface area (Å²) in [6, 6.07) is 72.8. The Labute approximate surface area is 825 Å². The molecular formula is C117H134Br2N10O8. The number of hydrogen-bond acceptors (Lipinski definition) is 13. The molecule has 12 aliphatic rings.